The predicted octanol–water partition coefficient (Wildman–Crippen LogP) is -0.275. The summed E-state index contributed by atoms with van der Waals surface area (Å²) in [7, 11) is 0. The second-order valence-corrected chi connectivity index (χ2v) is 3.51. The molecule has 1 rings (SSSR count). The van der Waals surface area contributed by atoms with Crippen molar-refractivity contribution in [1.82, 2.24) is 4.90 Å². The van der Waals surface area contributed by atoms with Gasteiger partial charge in [-0.2, -0.15) is 0 Å². The van der Waals surface area contributed by atoms with E-state index in [1.807, 2.05) is 0 Å². The van der Waals surface area contributed by atoms with Gasteiger partial charge in [-0.25, -0.2) is 0 Å². The van der Waals surface area contributed by atoms with Crippen LogP contribution in [0.2, 0.25) is 0 Å². The van der Waals surface area contributed by atoms with Crippen molar-refractivity contribution in [3.63, 3.8) is 0 Å². The van der Waals surface area contributed by atoms with Crippen LogP contribution in [0, 0.1) is 0 Å². The molecule has 0 saturated carbocycles. The second kappa shape index (κ2) is 6.44. The van der Waals surface area contributed by atoms with E-state index in [4.69, 9.17) is 14.6 Å². The lowest BCUT2D eigenvalue weighted by Crippen LogP contribution is -2.48. The molecule has 1 atom stereocenters. The first kappa shape index (κ1) is 12.9. The number of carbonyl (C=O) groups is 2. The minimum atomic E-state index is -0.996. The minimum Gasteiger partial charge on any atom is -0.481 e. The fourth-order valence-electron chi connectivity index (χ4n) is 1.65. The fraction of sp³-hybridized carbons (Fsp3) is 0.800. The third-order valence-corrected chi connectivity index (χ3v) is 2.41. The van der Waals surface area contributed by atoms with E-state index >= 15 is 0 Å². The number of carbonyl (C=O) groups excluding carboxylic acids is 1. The van der Waals surface area contributed by atoms with E-state index in [-0.39, 0.29) is 13.0 Å². The molecule has 0 amide bonds. The van der Waals surface area contributed by atoms with Crippen molar-refractivity contribution in [2.24, 2.45) is 0 Å². The first-order valence-electron chi connectivity index (χ1n) is 5.35. The van der Waals surface area contributed by atoms with Crippen LogP contribution >= 0.6 is 0 Å². The molecular weight excluding hydrogens is 214 g/mol. The van der Waals surface area contributed by atoms with Gasteiger partial charge in [-0.3, -0.25) is 14.5 Å². The molecule has 1 saturated heterocycles. The summed E-state index contributed by atoms with van der Waals surface area (Å²) in [5.41, 5.74) is 0. The van der Waals surface area contributed by atoms with Crippen molar-refractivity contribution in [2.75, 3.05) is 32.9 Å². The first-order chi connectivity index (χ1) is 7.65. The summed E-state index contributed by atoms with van der Waals surface area (Å²) in [4.78, 5) is 24.1. The highest BCUT2D eigenvalue weighted by atomic mass is 16.5. The minimum absolute atomic E-state index is 0.223. The lowest BCUT2D eigenvalue weighted by atomic mass is 10.1. The van der Waals surface area contributed by atoms with Gasteiger partial charge in [0.05, 0.1) is 26.2 Å². The topological polar surface area (TPSA) is 76.1 Å². The molecule has 6 nitrogen and oxygen atoms in total. The number of hydrogen-bond acceptors (Lipinski definition) is 5. The molecule has 0 aromatic rings. The van der Waals surface area contributed by atoms with E-state index in [2.05, 4.69) is 0 Å². The fourth-order valence-corrected chi connectivity index (χ4v) is 1.65. The zero-order valence-electron chi connectivity index (χ0n) is 9.35. The van der Waals surface area contributed by atoms with Crippen LogP contribution in [0.15, 0.2) is 0 Å². The van der Waals surface area contributed by atoms with Crippen molar-refractivity contribution in [2.45, 2.75) is 19.4 Å². The Balaban J connectivity index is 2.60. The number of ether oxygens (including phenoxy) is 2. The molecule has 16 heavy (non-hydrogen) atoms. The van der Waals surface area contributed by atoms with Crippen LogP contribution in [-0.2, 0) is 19.1 Å². The number of nitrogens with zero attached hydrogens (tertiary/aromatic N) is 1. The zero-order chi connectivity index (χ0) is 12.0. The Bertz CT molecular complexity index is 250. The van der Waals surface area contributed by atoms with Gasteiger partial charge < -0.3 is 14.6 Å². The van der Waals surface area contributed by atoms with Gasteiger partial charge in [0, 0.05) is 13.1 Å². The van der Waals surface area contributed by atoms with Gasteiger partial charge in [0.25, 0.3) is 0 Å². The SMILES string of the molecule is CCOC(=O)C(CC(=O)O)N1CCOCC1. The average molecular weight is 231 g/mol. The summed E-state index contributed by atoms with van der Waals surface area (Å²) in [6.07, 6.45) is -0.223. The van der Waals surface area contributed by atoms with Gasteiger partial charge in [-0.1, -0.05) is 0 Å². The smallest absolute Gasteiger partial charge is 0.323 e. The number of carboxylic acids is 1. The maximum Gasteiger partial charge on any atom is 0.323 e. The standard InChI is InChI=1S/C10H17NO5/c1-2-16-10(14)8(7-9(12)13)11-3-5-15-6-4-11/h8H,2-7H2,1H3,(H,12,13). The summed E-state index contributed by atoms with van der Waals surface area (Å²) >= 11 is 0. The monoisotopic (exact) mass is 231 g/mol. The highest BCUT2D eigenvalue weighted by molar-refractivity contribution is 5.82. The van der Waals surface area contributed by atoms with Gasteiger partial charge in [0.1, 0.15) is 6.04 Å². The quantitative estimate of drug-likeness (QED) is 0.656. The molecule has 92 valence electrons. The van der Waals surface area contributed by atoms with Crippen LogP contribution in [-0.4, -0.2) is 60.9 Å². The van der Waals surface area contributed by atoms with Gasteiger partial charge in [0.2, 0.25) is 0 Å². The molecule has 0 aromatic carbocycles. The Morgan fingerprint density at radius 1 is 1.44 bits per heavy atom. The summed E-state index contributed by atoms with van der Waals surface area (Å²) in [6, 6.07) is -0.693. The van der Waals surface area contributed by atoms with Gasteiger partial charge >= 0.3 is 11.9 Å². The summed E-state index contributed by atoms with van der Waals surface area (Å²) in [5, 5.41) is 8.77. The molecule has 0 aliphatic carbocycles. The molecular formula is C10H17NO5. The van der Waals surface area contributed by atoms with E-state index in [9.17, 15) is 9.59 Å². The van der Waals surface area contributed by atoms with Crippen molar-refractivity contribution in [1.29, 1.82) is 0 Å². The summed E-state index contributed by atoms with van der Waals surface area (Å²) in [5.74, 6) is -1.46. The number of esters is 1. The molecule has 0 radical (unpaired) electrons. The van der Waals surface area contributed by atoms with E-state index in [1.165, 1.54) is 0 Å². The zero-order valence-corrected chi connectivity index (χ0v) is 9.35. The molecule has 1 heterocycles. The number of carboxylic acid groups (broad SMARTS) is 1. The Morgan fingerprint density at radius 3 is 2.56 bits per heavy atom. The molecule has 1 unspecified atom stereocenters. The second-order valence-electron chi connectivity index (χ2n) is 3.51. The highest BCUT2D eigenvalue weighted by Crippen LogP contribution is 2.09. The van der Waals surface area contributed by atoms with E-state index in [1.54, 1.807) is 11.8 Å². The van der Waals surface area contributed by atoms with Gasteiger partial charge in [-0.15, -0.1) is 0 Å². The highest BCUT2D eigenvalue weighted by Gasteiger charge is 2.30. The molecule has 1 N–H and O–H groups in total. The maximum absolute atomic E-state index is 11.6. The van der Waals surface area contributed by atoms with Crippen LogP contribution in [0.3, 0.4) is 0 Å². The van der Waals surface area contributed by atoms with Crippen LogP contribution in [0.5, 0.6) is 0 Å². The van der Waals surface area contributed by atoms with E-state index < -0.39 is 18.0 Å². The third-order valence-electron chi connectivity index (χ3n) is 2.41. The Morgan fingerprint density at radius 2 is 2.06 bits per heavy atom. The third kappa shape index (κ3) is 3.79. The Hall–Kier alpha value is -1.14. The predicted molar refractivity (Wildman–Crippen MR) is 55.1 cm³/mol. The van der Waals surface area contributed by atoms with E-state index in [0.717, 1.165) is 0 Å². The van der Waals surface area contributed by atoms with Crippen molar-refractivity contribution >= 4 is 11.9 Å². The normalized spacial score (nSPS) is 19.1. The largest absolute Gasteiger partial charge is 0.481 e. The molecule has 0 bridgehead atoms. The first-order valence-corrected chi connectivity index (χ1v) is 5.35. The molecule has 0 aromatic heterocycles. The summed E-state index contributed by atoms with van der Waals surface area (Å²) < 4.78 is 10.0. The summed E-state index contributed by atoms with van der Waals surface area (Å²) in [6.45, 7) is 4.15. The van der Waals surface area contributed by atoms with Gasteiger partial charge in [-0.05, 0) is 6.92 Å². The molecule has 0 spiro atoms. The lowest BCUT2D eigenvalue weighted by molar-refractivity contribution is -0.156. The number of rotatable bonds is 5. The number of hydrogen-bond donors (Lipinski definition) is 1. The molecule has 6 heteroatoms. The van der Waals surface area contributed by atoms with Gasteiger partial charge in [0.15, 0.2) is 0 Å². The number of aliphatic carboxylic acids is 1. The lowest BCUT2D eigenvalue weighted by Gasteiger charge is -2.32. The molecule has 1 aliphatic rings. The van der Waals surface area contributed by atoms with E-state index in [0.29, 0.717) is 26.3 Å². The Kier molecular flexibility index (Phi) is 5.21. The van der Waals surface area contributed by atoms with Crippen molar-refractivity contribution < 1.29 is 24.2 Å². The van der Waals surface area contributed by atoms with Crippen molar-refractivity contribution in [3.8, 4) is 0 Å². The van der Waals surface area contributed by atoms with Crippen molar-refractivity contribution in [3.05, 3.63) is 0 Å². The molecule has 1 aliphatic heterocycles. The van der Waals surface area contributed by atoms with Crippen LogP contribution in [0.1, 0.15) is 13.3 Å². The Labute approximate surface area is 94.1 Å². The maximum atomic E-state index is 11.6. The van der Waals surface area contributed by atoms with Crippen LogP contribution in [0.4, 0.5) is 0 Å². The van der Waals surface area contributed by atoms with Crippen LogP contribution in [0.25, 0.3) is 0 Å². The van der Waals surface area contributed by atoms with Crippen LogP contribution < -0.4 is 0 Å². The number of morpholine rings is 1. The molecule has 1 fully saturated rings. The average Bonchev–Trinajstić information content (AvgIpc) is 2.27.